The molecule has 2 aliphatic carbocycles. The third-order valence-electron chi connectivity index (χ3n) is 4.86. The number of rotatable bonds is 3. The molecule has 1 amide bonds. The molecule has 2 N–H and O–H groups in total. The molecule has 2 aliphatic rings. The van der Waals surface area contributed by atoms with Gasteiger partial charge in [-0.3, -0.25) is 9.59 Å². The van der Waals surface area contributed by atoms with Crippen LogP contribution in [0.3, 0.4) is 0 Å². The van der Waals surface area contributed by atoms with Crippen LogP contribution < -0.4 is 10.9 Å². The molecule has 4 unspecified atom stereocenters. The van der Waals surface area contributed by atoms with Crippen molar-refractivity contribution in [3.05, 3.63) is 34.2 Å². The number of aromatic nitrogens is 1. The normalized spacial score (nSPS) is 30.3. The van der Waals surface area contributed by atoms with Crippen molar-refractivity contribution in [3.8, 4) is 0 Å². The summed E-state index contributed by atoms with van der Waals surface area (Å²) in [6, 6.07) is 3.41. The first kappa shape index (κ1) is 12.5. The van der Waals surface area contributed by atoms with Crippen molar-refractivity contribution in [2.75, 3.05) is 0 Å². The smallest absolute Gasteiger partial charge is 0.260 e. The van der Waals surface area contributed by atoms with Gasteiger partial charge in [-0.15, -0.1) is 0 Å². The third kappa shape index (κ3) is 2.31. The predicted octanol–water partition coefficient (Wildman–Crippen LogP) is 1.93. The molecule has 0 aliphatic heterocycles. The lowest BCUT2D eigenvalue weighted by Gasteiger charge is -2.28. The topological polar surface area (TPSA) is 62.0 Å². The van der Waals surface area contributed by atoms with Gasteiger partial charge in [-0.25, -0.2) is 0 Å². The average molecular weight is 260 g/mol. The first-order valence-corrected chi connectivity index (χ1v) is 7.13. The molecular formula is C15H20N2O2. The number of hydrogen-bond donors (Lipinski definition) is 2. The number of carbonyl (C=O) groups is 1. The van der Waals surface area contributed by atoms with Crippen LogP contribution in [0.25, 0.3) is 0 Å². The number of amides is 1. The molecule has 0 spiro atoms. The van der Waals surface area contributed by atoms with Crippen LogP contribution in [0.15, 0.2) is 23.1 Å². The highest BCUT2D eigenvalue weighted by molar-refractivity contribution is 5.93. The van der Waals surface area contributed by atoms with E-state index in [0.717, 1.165) is 11.8 Å². The van der Waals surface area contributed by atoms with E-state index in [0.29, 0.717) is 5.92 Å². The van der Waals surface area contributed by atoms with Crippen molar-refractivity contribution in [2.24, 2.45) is 17.8 Å². The molecule has 1 heterocycles. The van der Waals surface area contributed by atoms with Gasteiger partial charge in [0.25, 0.3) is 11.5 Å². The van der Waals surface area contributed by atoms with Gasteiger partial charge in [0.2, 0.25) is 0 Å². The zero-order valence-corrected chi connectivity index (χ0v) is 11.2. The van der Waals surface area contributed by atoms with E-state index in [1.807, 2.05) is 0 Å². The van der Waals surface area contributed by atoms with E-state index >= 15 is 0 Å². The molecule has 0 radical (unpaired) electrons. The van der Waals surface area contributed by atoms with E-state index in [2.05, 4.69) is 17.2 Å². The molecule has 4 nitrogen and oxygen atoms in total. The van der Waals surface area contributed by atoms with Crippen molar-refractivity contribution in [1.29, 1.82) is 0 Å². The van der Waals surface area contributed by atoms with Crippen LogP contribution in [0.4, 0.5) is 0 Å². The second-order valence-electron chi connectivity index (χ2n) is 6.01. The molecule has 0 aromatic carbocycles. The zero-order chi connectivity index (χ0) is 13.4. The minimum atomic E-state index is -0.319. The average Bonchev–Trinajstić information content (AvgIpc) is 3.01. The summed E-state index contributed by atoms with van der Waals surface area (Å²) in [5.41, 5.74) is -0.113. The van der Waals surface area contributed by atoms with E-state index in [1.165, 1.54) is 25.7 Å². The van der Waals surface area contributed by atoms with Crippen molar-refractivity contribution >= 4 is 5.91 Å². The molecule has 1 aromatic rings. The number of fused-ring (bicyclic) bond motifs is 2. The highest BCUT2D eigenvalue weighted by Gasteiger charge is 2.42. The fourth-order valence-electron chi connectivity index (χ4n) is 3.90. The number of nitrogens with one attached hydrogen (secondary N) is 2. The second kappa shape index (κ2) is 4.83. The highest BCUT2D eigenvalue weighted by Crippen LogP contribution is 2.49. The monoisotopic (exact) mass is 260 g/mol. The Morgan fingerprint density at radius 1 is 1.42 bits per heavy atom. The van der Waals surface area contributed by atoms with E-state index in [4.69, 9.17) is 0 Å². The summed E-state index contributed by atoms with van der Waals surface area (Å²) >= 11 is 0. The Bertz CT molecular complexity index is 537. The summed E-state index contributed by atoms with van der Waals surface area (Å²) < 4.78 is 0. The lowest BCUT2D eigenvalue weighted by molar-refractivity contribution is 0.0913. The standard InChI is InChI=1S/C15H20N2O2/c1-9(13-8-10-4-5-11(13)7-10)17-15(19)12-3-2-6-16-14(12)18/h2-3,6,9-11,13H,4-5,7-8H2,1H3,(H,16,18)(H,17,19). The molecule has 19 heavy (non-hydrogen) atoms. The minimum absolute atomic E-state index is 0.155. The maximum Gasteiger partial charge on any atom is 0.260 e. The Hall–Kier alpha value is -1.58. The molecule has 1 aromatic heterocycles. The summed E-state index contributed by atoms with van der Waals surface area (Å²) in [5.74, 6) is 1.98. The molecule has 2 saturated carbocycles. The third-order valence-corrected chi connectivity index (χ3v) is 4.86. The minimum Gasteiger partial charge on any atom is -0.349 e. The van der Waals surface area contributed by atoms with Gasteiger partial charge >= 0.3 is 0 Å². The number of H-pyrrole nitrogens is 1. The van der Waals surface area contributed by atoms with E-state index in [1.54, 1.807) is 18.3 Å². The van der Waals surface area contributed by atoms with Crippen LogP contribution in [0.1, 0.15) is 43.0 Å². The SMILES string of the molecule is CC(NC(=O)c1ccc[nH]c1=O)C1CC2CCC1C2. The first-order chi connectivity index (χ1) is 9.15. The van der Waals surface area contributed by atoms with Crippen molar-refractivity contribution in [2.45, 2.75) is 38.6 Å². The van der Waals surface area contributed by atoms with Crippen LogP contribution in [0.2, 0.25) is 0 Å². The van der Waals surface area contributed by atoms with Crippen LogP contribution in [-0.2, 0) is 0 Å². The van der Waals surface area contributed by atoms with Gasteiger partial charge in [0.05, 0.1) is 0 Å². The number of hydrogen-bond acceptors (Lipinski definition) is 2. The molecule has 2 fully saturated rings. The molecule has 2 bridgehead atoms. The van der Waals surface area contributed by atoms with E-state index in [9.17, 15) is 9.59 Å². The summed E-state index contributed by atoms with van der Waals surface area (Å²) in [6.45, 7) is 2.07. The maximum absolute atomic E-state index is 12.1. The van der Waals surface area contributed by atoms with Crippen LogP contribution >= 0.6 is 0 Å². The Morgan fingerprint density at radius 2 is 2.26 bits per heavy atom. The van der Waals surface area contributed by atoms with Gasteiger partial charge in [0.15, 0.2) is 0 Å². The molecule has 3 rings (SSSR count). The van der Waals surface area contributed by atoms with Gasteiger partial charge in [0.1, 0.15) is 5.56 Å². The Balaban J connectivity index is 1.67. The van der Waals surface area contributed by atoms with Crippen molar-refractivity contribution in [1.82, 2.24) is 10.3 Å². The summed E-state index contributed by atoms with van der Waals surface area (Å²) in [6.07, 6.45) is 6.77. The zero-order valence-electron chi connectivity index (χ0n) is 11.2. The van der Waals surface area contributed by atoms with Gasteiger partial charge in [-0.2, -0.15) is 0 Å². The molecular weight excluding hydrogens is 240 g/mol. The molecule has 102 valence electrons. The van der Waals surface area contributed by atoms with Gasteiger partial charge in [0, 0.05) is 12.2 Å². The number of pyridine rings is 1. The van der Waals surface area contributed by atoms with E-state index < -0.39 is 0 Å². The Morgan fingerprint density at radius 3 is 2.89 bits per heavy atom. The quantitative estimate of drug-likeness (QED) is 0.872. The maximum atomic E-state index is 12.1. The largest absolute Gasteiger partial charge is 0.349 e. The lowest BCUT2D eigenvalue weighted by atomic mass is 9.84. The molecule has 4 atom stereocenters. The highest BCUT2D eigenvalue weighted by atomic mass is 16.2. The number of aromatic amines is 1. The second-order valence-corrected chi connectivity index (χ2v) is 6.01. The molecule has 0 saturated heterocycles. The predicted molar refractivity (Wildman–Crippen MR) is 72.9 cm³/mol. The van der Waals surface area contributed by atoms with E-state index in [-0.39, 0.29) is 23.1 Å². The molecule has 4 heteroatoms. The van der Waals surface area contributed by atoms with Gasteiger partial charge < -0.3 is 10.3 Å². The lowest BCUT2D eigenvalue weighted by Crippen LogP contribution is -2.41. The van der Waals surface area contributed by atoms with Crippen LogP contribution in [0.5, 0.6) is 0 Å². The summed E-state index contributed by atoms with van der Waals surface area (Å²) in [5, 5.41) is 3.00. The van der Waals surface area contributed by atoms with Crippen LogP contribution in [0, 0.1) is 17.8 Å². The van der Waals surface area contributed by atoms with Gasteiger partial charge in [-0.05, 0) is 56.1 Å². The van der Waals surface area contributed by atoms with Crippen LogP contribution in [-0.4, -0.2) is 16.9 Å². The van der Waals surface area contributed by atoms with Crippen molar-refractivity contribution in [3.63, 3.8) is 0 Å². The first-order valence-electron chi connectivity index (χ1n) is 7.13. The number of carbonyl (C=O) groups excluding carboxylic acids is 1. The fraction of sp³-hybridized carbons (Fsp3) is 0.600. The fourth-order valence-corrected chi connectivity index (χ4v) is 3.90. The summed E-state index contributed by atoms with van der Waals surface area (Å²) in [7, 11) is 0. The van der Waals surface area contributed by atoms with Gasteiger partial charge in [-0.1, -0.05) is 6.42 Å². The Labute approximate surface area is 112 Å². The summed E-state index contributed by atoms with van der Waals surface area (Å²) in [4.78, 5) is 26.2. The Kier molecular flexibility index (Phi) is 3.17. The van der Waals surface area contributed by atoms with Crippen molar-refractivity contribution < 1.29 is 4.79 Å².